The molecule has 0 heterocycles. The van der Waals surface area contributed by atoms with Crippen LogP contribution in [0.5, 0.6) is 5.75 Å². The zero-order valence-electron chi connectivity index (χ0n) is 16.8. The molecule has 5 heteroatoms. The zero-order valence-corrected chi connectivity index (χ0v) is 19.4. The van der Waals surface area contributed by atoms with Gasteiger partial charge < -0.3 is 13.9 Å². The Kier molecular flexibility index (Phi) is 7.31. The van der Waals surface area contributed by atoms with E-state index in [0.29, 0.717) is 0 Å². The maximum absolute atomic E-state index is 6.31. The van der Waals surface area contributed by atoms with Crippen LogP contribution < -0.4 is 4.74 Å². The van der Waals surface area contributed by atoms with E-state index < -0.39 is 8.32 Å². The Morgan fingerprint density at radius 3 is 2.50 bits per heavy atom. The molecule has 2 aromatic rings. The minimum atomic E-state index is -1.67. The molecule has 0 N–H and O–H groups in total. The summed E-state index contributed by atoms with van der Waals surface area (Å²) in [6.45, 7) is 12.5. The number of halogens is 1. The molecular weight excluding hydrogens is 408 g/mol. The number of rotatable bonds is 8. The molecule has 0 fully saturated rings. The van der Waals surface area contributed by atoms with E-state index in [9.17, 15) is 0 Å². The minimum absolute atomic E-state index is 0.252. The first kappa shape index (κ1) is 21.4. The van der Waals surface area contributed by atoms with Gasteiger partial charge in [0, 0.05) is 18.2 Å². The second-order valence-electron chi connectivity index (χ2n) is 8.18. The molecule has 0 aliphatic carbocycles. The number of aryl methyl sites for hydroxylation is 1. The van der Waals surface area contributed by atoms with Gasteiger partial charge in [0.1, 0.15) is 5.75 Å². The summed E-state index contributed by atoms with van der Waals surface area (Å²) < 4.78 is 17.9. The summed E-state index contributed by atoms with van der Waals surface area (Å²) in [5.41, 5.74) is 1.34. The lowest BCUT2D eigenvalue weighted by atomic mass is 10.0. The Morgan fingerprint density at radius 1 is 1.12 bits per heavy atom. The normalized spacial score (nSPS) is 12.6. The first-order chi connectivity index (χ1) is 12.2. The second-order valence-corrected chi connectivity index (χ2v) is 13.8. The van der Waals surface area contributed by atoms with Gasteiger partial charge in [0.05, 0.1) is 0 Å². The van der Waals surface area contributed by atoms with E-state index in [0.717, 1.165) is 29.7 Å². The fourth-order valence-electron chi connectivity index (χ4n) is 2.65. The molecule has 0 aliphatic heterocycles. The van der Waals surface area contributed by atoms with Crippen LogP contribution in [0.3, 0.4) is 0 Å². The highest BCUT2D eigenvalue weighted by atomic mass is 79.9. The molecule has 0 saturated heterocycles. The van der Waals surface area contributed by atoms with Gasteiger partial charge in [-0.15, -0.1) is 0 Å². The SMILES string of the molecule is COCOc1cc(Br)c2c(CCCO[Si](C)(C)C(C)(C)C)cccc2c1. The highest BCUT2D eigenvalue weighted by Gasteiger charge is 2.36. The van der Waals surface area contributed by atoms with Gasteiger partial charge in [-0.2, -0.15) is 0 Å². The summed E-state index contributed by atoms with van der Waals surface area (Å²) in [7, 11) is -0.0406. The molecule has 0 radical (unpaired) electrons. The van der Waals surface area contributed by atoms with Gasteiger partial charge in [0.15, 0.2) is 15.1 Å². The van der Waals surface area contributed by atoms with Crippen molar-refractivity contribution in [2.45, 2.75) is 51.7 Å². The van der Waals surface area contributed by atoms with E-state index >= 15 is 0 Å². The molecule has 0 unspecified atom stereocenters. The molecule has 2 rings (SSSR count). The Labute approximate surface area is 167 Å². The Bertz CT molecular complexity index is 738. The fraction of sp³-hybridized carbons (Fsp3) is 0.524. The number of fused-ring (bicyclic) bond motifs is 1. The van der Waals surface area contributed by atoms with E-state index in [1.54, 1.807) is 7.11 Å². The van der Waals surface area contributed by atoms with Gasteiger partial charge >= 0.3 is 0 Å². The van der Waals surface area contributed by atoms with Crippen molar-refractivity contribution in [3.05, 3.63) is 40.4 Å². The van der Waals surface area contributed by atoms with Crippen molar-refractivity contribution in [3.63, 3.8) is 0 Å². The number of benzene rings is 2. The summed E-state index contributed by atoms with van der Waals surface area (Å²) in [5.74, 6) is 0.810. The van der Waals surface area contributed by atoms with Gasteiger partial charge in [-0.1, -0.05) is 54.9 Å². The highest BCUT2D eigenvalue weighted by Crippen LogP contribution is 2.37. The number of hydrogen-bond donors (Lipinski definition) is 0. The van der Waals surface area contributed by atoms with Gasteiger partial charge in [-0.3, -0.25) is 0 Å². The molecule has 0 amide bonds. The van der Waals surface area contributed by atoms with Crippen LogP contribution in [0.2, 0.25) is 18.1 Å². The molecule has 144 valence electrons. The molecule has 0 aliphatic rings. The van der Waals surface area contributed by atoms with Crippen LogP contribution in [0.4, 0.5) is 0 Å². The first-order valence-electron chi connectivity index (χ1n) is 9.12. The molecule has 0 aromatic heterocycles. The van der Waals surface area contributed by atoms with E-state index in [1.807, 2.05) is 6.07 Å². The maximum Gasteiger partial charge on any atom is 0.191 e. The van der Waals surface area contributed by atoms with E-state index in [1.165, 1.54) is 16.3 Å². The Hall–Kier alpha value is -0.883. The van der Waals surface area contributed by atoms with Crippen LogP contribution in [0.15, 0.2) is 34.8 Å². The van der Waals surface area contributed by atoms with Crippen LogP contribution >= 0.6 is 15.9 Å². The number of hydrogen-bond acceptors (Lipinski definition) is 3. The van der Waals surface area contributed by atoms with E-state index in [-0.39, 0.29) is 11.8 Å². The van der Waals surface area contributed by atoms with Crippen molar-refractivity contribution in [3.8, 4) is 5.75 Å². The third-order valence-electron chi connectivity index (χ3n) is 5.19. The quantitative estimate of drug-likeness (QED) is 0.266. The molecule has 0 bridgehead atoms. The van der Waals surface area contributed by atoms with Crippen molar-refractivity contribution in [1.82, 2.24) is 0 Å². The fourth-order valence-corrected chi connectivity index (χ4v) is 4.45. The smallest absolute Gasteiger partial charge is 0.191 e. The molecule has 0 atom stereocenters. The summed E-state index contributed by atoms with van der Waals surface area (Å²) in [5, 5.41) is 2.69. The largest absolute Gasteiger partial charge is 0.468 e. The lowest BCUT2D eigenvalue weighted by Gasteiger charge is -2.36. The monoisotopic (exact) mass is 438 g/mol. The second kappa shape index (κ2) is 8.87. The van der Waals surface area contributed by atoms with Crippen LogP contribution in [-0.4, -0.2) is 28.8 Å². The maximum atomic E-state index is 6.31. The number of ether oxygens (including phenoxy) is 2. The van der Waals surface area contributed by atoms with Gasteiger partial charge in [0.25, 0.3) is 0 Å². The van der Waals surface area contributed by atoms with Crippen molar-refractivity contribution in [1.29, 1.82) is 0 Å². The third-order valence-corrected chi connectivity index (χ3v) is 10.4. The van der Waals surface area contributed by atoms with Crippen LogP contribution in [0, 0.1) is 0 Å². The lowest BCUT2D eigenvalue weighted by Crippen LogP contribution is -2.41. The van der Waals surface area contributed by atoms with Gasteiger partial charge in [-0.05, 0) is 59.4 Å². The van der Waals surface area contributed by atoms with Crippen LogP contribution in [0.1, 0.15) is 32.8 Å². The Morgan fingerprint density at radius 2 is 1.85 bits per heavy atom. The predicted octanol–water partition coefficient (Wildman–Crippen LogP) is 6.54. The number of methoxy groups -OCH3 is 1. The van der Waals surface area contributed by atoms with Crippen molar-refractivity contribution in [2.75, 3.05) is 20.5 Å². The van der Waals surface area contributed by atoms with Crippen molar-refractivity contribution >= 4 is 35.0 Å². The topological polar surface area (TPSA) is 27.7 Å². The highest BCUT2D eigenvalue weighted by molar-refractivity contribution is 9.10. The van der Waals surface area contributed by atoms with Gasteiger partial charge in [0.2, 0.25) is 0 Å². The molecule has 3 nitrogen and oxygen atoms in total. The molecule has 26 heavy (non-hydrogen) atoms. The summed E-state index contributed by atoms with van der Waals surface area (Å²) in [4.78, 5) is 0. The molecule has 0 spiro atoms. The average Bonchev–Trinajstić information content (AvgIpc) is 2.55. The van der Waals surface area contributed by atoms with E-state index in [2.05, 4.69) is 74.1 Å². The van der Waals surface area contributed by atoms with Crippen LogP contribution in [-0.2, 0) is 15.6 Å². The van der Waals surface area contributed by atoms with Crippen molar-refractivity contribution < 1.29 is 13.9 Å². The molecule has 0 saturated carbocycles. The molecular formula is C21H31BrO3Si. The summed E-state index contributed by atoms with van der Waals surface area (Å²) in [6.07, 6.45) is 2.03. The van der Waals surface area contributed by atoms with Crippen LogP contribution in [0.25, 0.3) is 10.8 Å². The lowest BCUT2D eigenvalue weighted by molar-refractivity contribution is 0.0512. The van der Waals surface area contributed by atoms with Gasteiger partial charge in [-0.25, -0.2) is 0 Å². The zero-order chi connectivity index (χ0) is 19.4. The third kappa shape index (κ3) is 5.32. The van der Waals surface area contributed by atoms with Crippen molar-refractivity contribution in [2.24, 2.45) is 0 Å². The predicted molar refractivity (Wildman–Crippen MR) is 116 cm³/mol. The Balaban J connectivity index is 2.08. The standard InChI is InChI=1S/C21H31BrO3Si/c1-21(2,3)26(5,6)25-12-8-11-16-9-7-10-17-13-18(24-15-23-4)14-19(22)20(16)17/h7,9-10,13-14H,8,11-12,15H2,1-6H3. The summed E-state index contributed by atoms with van der Waals surface area (Å²) >= 11 is 3.71. The van der Waals surface area contributed by atoms with E-state index in [4.69, 9.17) is 13.9 Å². The molecule has 2 aromatic carbocycles. The average molecular weight is 439 g/mol. The first-order valence-corrected chi connectivity index (χ1v) is 12.8. The summed E-state index contributed by atoms with van der Waals surface area (Å²) in [6, 6.07) is 10.5. The minimum Gasteiger partial charge on any atom is -0.468 e.